The van der Waals surface area contributed by atoms with E-state index in [2.05, 4.69) is 27.6 Å². The SMILES string of the molecule is CC(C)(C)OC(=O)n1c(I)cc2ncccc21. The van der Waals surface area contributed by atoms with Crippen molar-refractivity contribution in [2.75, 3.05) is 0 Å². The maximum atomic E-state index is 12.1. The molecule has 5 heteroatoms. The Balaban J connectivity index is 2.48. The summed E-state index contributed by atoms with van der Waals surface area (Å²) in [5, 5.41) is 0. The van der Waals surface area contributed by atoms with E-state index in [9.17, 15) is 4.79 Å². The van der Waals surface area contributed by atoms with Gasteiger partial charge in [-0.25, -0.2) is 9.36 Å². The number of carbonyl (C=O) groups is 1. The van der Waals surface area contributed by atoms with Gasteiger partial charge in [-0.2, -0.15) is 0 Å². The van der Waals surface area contributed by atoms with Gasteiger partial charge in [0.05, 0.1) is 14.7 Å². The zero-order valence-electron chi connectivity index (χ0n) is 9.90. The molecule has 0 radical (unpaired) electrons. The molecule has 0 aromatic carbocycles. The minimum absolute atomic E-state index is 0.370. The first-order chi connectivity index (χ1) is 7.88. The summed E-state index contributed by atoms with van der Waals surface area (Å²) >= 11 is 2.10. The number of hydrogen-bond acceptors (Lipinski definition) is 3. The third-order valence-electron chi connectivity index (χ3n) is 2.10. The number of carbonyl (C=O) groups excluding carboxylic acids is 1. The molecule has 0 atom stereocenters. The van der Waals surface area contributed by atoms with Crippen molar-refractivity contribution in [2.45, 2.75) is 26.4 Å². The smallest absolute Gasteiger partial charge is 0.419 e. The van der Waals surface area contributed by atoms with Gasteiger partial charge in [0.2, 0.25) is 0 Å². The van der Waals surface area contributed by atoms with Crippen molar-refractivity contribution in [2.24, 2.45) is 0 Å². The molecule has 0 bridgehead atoms. The highest BCUT2D eigenvalue weighted by Gasteiger charge is 2.21. The van der Waals surface area contributed by atoms with E-state index in [-0.39, 0.29) is 6.09 Å². The van der Waals surface area contributed by atoms with Crippen LogP contribution in [-0.2, 0) is 4.74 Å². The lowest BCUT2D eigenvalue weighted by molar-refractivity contribution is 0.0540. The average molecular weight is 344 g/mol. The summed E-state index contributed by atoms with van der Waals surface area (Å²) in [5.74, 6) is 0. The normalized spacial score (nSPS) is 11.8. The molecule has 0 amide bonds. The van der Waals surface area contributed by atoms with Gasteiger partial charge in [-0.3, -0.25) is 4.98 Å². The fourth-order valence-corrected chi connectivity index (χ4v) is 2.25. The third kappa shape index (κ3) is 2.59. The summed E-state index contributed by atoms with van der Waals surface area (Å²) in [4.78, 5) is 16.3. The Kier molecular flexibility index (Phi) is 3.11. The van der Waals surface area contributed by atoms with Crippen molar-refractivity contribution < 1.29 is 9.53 Å². The highest BCUT2D eigenvalue weighted by Crippen LogP contribution is 2.21. The van der Waals surface area contributed by atoms with Crippen LogP contribution < -0.4 is 0 Å². The third-order valence-corrected chi connectivity index (χ3v) is 2.90. The fraction of sp³-hybridized carbons (Fsp3) is 0.333. The summed E-state index contributed by atoms with van der Waals surface area (Å²) in [5.41, 5.74) is 1.06. The summed E-state index contributed by atoms with van der Waals surface area (Å²) in [6.45, 7) is 5.55. The van der Waals surface area contributed by atoms with Gasteiger partial charge < -0.3 is 4.74 Å². The molecule has 2 aromatic rings. The number of rotatable bonds is 0. The van der Waals surface area contributed by atoms with Crippen molar-refractivity contribution in [3.8, 4) is 0 Å². The average Bonchev–Trinajstić information content (AvgIpc) is 2.50. The second-order valence-corrected chi connectivity index (χ2v) is 5.80. The molecule has 0 aliphatic heterocycles. The Labute approximate surface area is 113 Å². The molecule has 0 fully saturated rings. The molecule has 0 saturated carbocycles. The van der Waals surface area contributed by atoms with Crippen LogP contribution in [0, 0.1) is 3.70 Å². The van der Waals surface area contributed by atoms with Crippen LogP contribution in [-0.4, -0.2) is 21.2 Å². The van der Waals surface area contributed by atoms with E-state index in [1.165, 1.54) is 4.57 Å². The van der Waals surface area contributed by atoms with E-state index in [4.69, 9.17) is 4.74 Å². The van der Waals surface area contributed by atoms with Gasteiger partial charge in [0, 0.05) is 6.20 Å². The minimum atomic E-state index is -0.501. The second-order valence-electron chi connectivity index (χ2n) is 4.69. The molecule has 0 saturated heterocycles. The van der Waals surface area contributed by atoms with Gasteiger partial charge in [-0.1, -0.05) is 0 Å². The quantitative estimate of drug-likeness (QED) is 0.688. The minimum Gasteiger partial charge on any atom is -0.443 e. The van der Waals surface area contributed by atoms with Crippen molar-refractivity contribution in [1.82, 2.24) is 9.55 Å². The molecule has 0 unspecified atom stereocenters. The zero-order chi connectivity index (χ0) is 12.6. The maximum absolute atomic E-state index is 12.1. The summed E-state index contributed by atoms with van der Waals surface area (Å²) in [7, 11) is 0. The van der Waals surface area contributed by atoms with Gasteiger partial charge in [-0.15, -0.1) is 0 Å². The lowest BCUT2D eigenvalue weighted by Gasteiger charge is -2.20. The molecule has 2 rings (SSSR count). The van der Waals surface area contributed by atoms with E-state index >= 15 is 0 Å². The Morgan fingerprint density at radius 1 is 1.47 bits per heavy atom. The maximum Gasteiger partial charge on any atom is 0.419 e. The zero-order valence-corrected chi connectivity index (χ0v) is 12.1. The first-order valence-corrected chi connectivity index (χ1v) is 6.32. The molecular weight excluding hydrogens is 331 g/mol. The van der Waals surface area contributed by atoms with Crippen LogP contribution in [0.25, 0.3) is 11.0 Å². The number of hydrogen-bond donors (Lipinski definition) is 0. The Morgan fingerprint density at radius 3 is 2.82 bits per heavy atom. The number of pyridine rings is 1. The highest BCUT2D eigenvalue weighted by atomic mass is 127. The van der Waals surface area contributed by atoms with E-state index in [0.29, 0.717) is 0 Å². The van der Waals surface area contributed by atoms with E-state index in [0.717, 1.165) is 14.7 Å². The Hall–Kier alpha value is -1.11. The Bertz CT molecular complexity index is 569. The monoisotopic (exact) mass is 344 g/mol. The van der Waals surface area contributed by atoms with E-state index < -0.39 is 5.60 Å². The number of nitrogens with zero attached hydrogens (tertiary/aromatic N) is 2. The van der Waals surface area contributed by atoms with Crippen LogP contribution in [0.3, 0.4) is 0 Å². The predicted molar refractivity (Wildman–Crippen MR) is 74.1 cm³/mol. The topological polar surface area (TPSA) is 44.1 Å². The first kappa shape index (κ1) is 12.3. The molecular formula is C12H13IN2O2. The largest absolute Gasteiger partial charge is 0.443 e. The van der Waals surface area contributed by atoms with Gasteiger partial charge in [0.15, 0.2) is 0 Å². The van der Waals surface area contributed by atoms with Crippen LogP contribution in [0.4, 0.5) is 4.79 Å². The number of halogens is 1. The van der Waals surface area contributed by atoms with Crippen LogP contribution >= 0.6 is 22.6 Å². The van der Waals surface area contributed by atoms with Crippen LogP contribution in [0.5, 0.6) is 0 Å². The summed E-state index contributed by atoms with van der Waals surface area (Å²) in [6, 6.07) is 5.52. The number of fused-ring (bicyclic) bond motifs is 1. The van der Waals surface area contributed by atoms with E-state index in [1.807, 2.05) is 32.9 Å². The molecule has 0 aliphatic rings. The predicted octanol–water partition coefficient (Wildman–Crippen LogP) is 3.42. The fourth-order valence-electron chi connectivity index (χ4n) is 1.49. The summed E-state index contributed by atoms with van der Waals surface area (Å²) < 4.78 is 7.70. The first-order valence-electron chi connectivity index (χ1n) is 5.24. The lowest BCUT2D eigenvalue weighted by Crippen LogP contribution is -2.27. The van der Waals surface area contributed by atoms with Crippen molar-refractivity contribution in [1.29, 1.82) is 0 Å². The molecule has 17 heavy (non-hydrogen) atoms. The van der Waals surface area contributed by atoms with Crippen LogP contribution in [0.1, 0.15) is 20.8 Å². The van der Waals surface area contributed by atoms with Gasteiger partial charge in [0.25, 0.3) is 0 Å². The van der Waals surface area contributed by atoms with Gasteiger partial charge >= 0.3 is 6.09 Å². The number of aromatic nitrogens is 2. The van der Waals surface area contributed by atoms with Crippen molar-refractivity contribution >= 4 is 39.7 Å². The highest BCUT2D eigenvalue weighted by molar-refractivity contribution is 14.1. The lowest BCUT2D eigenvalue weighted by atomic mass is 10.2. The van der Waals surface area contributed by atoms with Gasteiger partial charge in [-0.05, 0) is 61.6 Å². The standard InChI is InChI=1S/C12H13IN2O2/c1-12(2,3)17-11(16)15-9-5-4-6-14-8(9)7-10(15)13/h4-7H,1-3H3. The molecule has 0 aliphatic carbocycles. The molecule has 0 spiro atoms. The Morgan fingerprint density at radius 2 is 2.18 bits per heavy atom. The van der Waals surface area contributed by atoms with Crippen molar-refractivity contribution in [3.63, 3.8) is 0 Å². The molecule has 0 N–H and O–H groups in total. The second kappa shape index (κ2) is 4.29. The molecule has 2 heterocycles. The molecule has 4 nitrogen and oxygen atoms in total. The molecule has 2 aromatic heterocycles. The van der Waals surface area contributed by atoms with Crippen molar-refractivity contribution in [3.05, 3.63) is 28.1 Å². The summed E-state index contributed by atoms with van der Waals surface area (Å²) in [6.07, 6.45) is 1.34. The van der Waals surface area contributed by atoms with E-state index in [1.54, 1.807) is 12.3 Å². The molecule has 90 valence electrons. The van der Waals surface area contributed by atoms with Crippen LogP contribution in [0.15, 0.2) is 24.4 Å². The number of ether oxygens (including phenoxy) is 1. The van der Waals surface area contributed by atoms with Gasteiger partial charge in [0.1, 0.15) is 5.60 Å². The van der Waals surface area contributed by atoms with Crippen LogP contribution in [0.2, 0.25) is 0 Å².